The minimum Gasteiger partial charge on any atom is -0.394 e. The van der Waals surface area contributed by atoms with Gasteiger partial charge in [-0.15, -0.1) is 0 Å². The molecular weight excluding hydrogens is 1230 g/mol. The Morgan fingerprint density at radius 3 is 2.04 bits per heavy atom. The average Bonchev–Trinajstić information content (AvgIpc) is 1.69. The second-order valence-electron chi connectivity index (χ2n) is 23.3. The first kappa shape index (κ1) is 72.8. The molecule has 6 rings (SSSR count). The number of fused-ring (bicyclic) bond motifs is 2. The molecule has 3 aliphatic heterocycles. The van der Waals surface area contributed by atoms with Crippen LogP contribution in [0.1, 0.15) is 96.1 Å². The topological polar surface area (TPSA) is 510 Å². The van der Waals surface area contributed by atoms with Gasteiger partial charge >= 0.3 is 0 Å². The predicted molar refractivity (Wildman–Crippen MR) is 340 cm³/mol. The van der Waals surface area contributed by atoms with E-state index in [4.69, 9.17) is 28.7 Å². The molecule has 0 aliphatic carbocycles. The van der Waals surface area contributed by atoms with Crippen molar-refractivity contribution in [2.45, 2.75) is 164 Å². The van der Waals surface area contributed by atoms with Crippen molar-refractivity contribution in [1.29, 1.82) is 0 Å². The van der Waals surface area contributed by atoms with E-state index in [1.807, 2.05) is 0 Å². The van der Waals surface area contributed by atoms with Gasteiger partial charge in [0.2, 0.25) is 70.9 Å². The third kappa shape index (κ3) is 21.2. The van der Waals surface area contributed by atoms with Gasteiger partial charge in [0.1, 0.15) is 72.3 Å². The molecule has 94 heavy (non-hydrogen) atoms. The van der Waals surface area contributed by atoms with Crippen LogP contribution in [0.5, 0.6) is 0 Å². The van der Waals surface area contributed by atoms with Crippen LogP contribution < -0.4 is 76.5 Å². The van der Waals surface area contributed by atoms with E-state index in [2.05, 4.69) is 62.8 Å². The van der Waals surface area contributed by atoms with Crippen LogP contribution in [0.15, 0.2) is 76.9 Å². The quantitative estimate of drug-likeness (QED) is 0.0156. The van der Waals surface area contributed by atoms with E-state index in [1.165, 1.54) is 54.0 Å². The Morgan fingerprint density at radius 1 is 0.713 bits per heavy atom. The summed E-state index contributed by atoms with van der Waals surface area (Å²) in [6.45, 7) is 3.17. The van der Waals surface area contributed by atoms with Crippen molar-refractivity contribution in [2.75, 3.05) is 32.8 Å². The summed E-state index contributed by atoms with van der Waals surface area (Å²) in [5, 5.41) is 33.8. The number of primary amides is 1. The van der Waals surface area contributed by atoms with Gasteiger partial charge in [0.05, 0.1) is 6.61 Å². The van der Waals surface area contributed by atoms with Gasteiger partial charge in [-0.3, -0.25) is 67.5 Å². The highest BCUT2D eigenvalue weighted by Gasteiger charge is 2.42. The maximum atomic E-state index is 15.2. The highest BCUT2D eigenvalue weighted by atomic mass is 19.1. The van der Waals surface area contributed by atoms with Crippen LogP contribution in [0.4, 0.5) is 4.39 Å². The van der Waals surface area contributed by atoms with Crippen molar-refractivity contribution >= 4 is 93.7 Å². The minimum absolute atomic E-state index is 0.0133. The first-order valence-corrected chi connectivity index (χ1v) is 31.0. The molecule has 2 saturated heterocycles. The number of nitrogens with two attached hydrogens (primary N) is 5. The molecule has 1 aromatic heterocycles. The lowest BCUT2D eigenvalue weighted by molar-refractivity contribution is -0.143. The minimum atomic E-state index is -1.64. The molecule has 21 N–H and O–H groups in total. The smallest absolute Gasteiger partial charge is 0.246 e. The lowest BCUT2D eigenvalue weighted by atomic mass is 10.0. The molecule has 0 bridgehead atoms. The number of rotatable bonds is 26. The van der Waals surface area contributed by atoms with Crippen LogP contribution in [-0.2, 0) is 70.4 Å². The van der Waals surface area contributed by atoms with E-state index < -0.39 is 156 Å². The van der Waals surface area contributed by atoms with Crippen molar-refractivity contribution in [3.8, 4) is 0 Å². The number of aliphatic hydroxyl groups is 1. The maximum absolute atomic E-state index is 15.2. The number of para-hydroxylation sites is 1. The van der Waals surface area contributed by atoms with Crippen molar-refractivity contribution in [3.05, 3.63) is 83.8 Å². The molecule has 3 aromatic rings. The van der Waals surface area contributed by atoms with Crippen molar-refractivity contribution in [3.63, 3.8) is 0 Å². The Hall–Kier alpha value is -10.2. The fourth-order valence-electron chi connectivity index (χ4n) is 11.2. The molecule has 32 nitrogen and oxygen atoms in total. The number of carbonyl (C=O) groups is 12. The van der Waals surface area contributed by atoms with Gasteiger partial charge in [0, 0.05) is 63.0 Å². The number of carbonyl (C=O) groups excluding carboxylic acids is 12. The summed E-state index contributed by atoms with van der Waals surface area (Å²) >= 11 is 0. The SMILES string of the molecule is CC(=O)N[C@@H](CO)C(=O)N[C@@H](C)C(=O)N[C@@H](CCCN=C(N)N)C(=O)N[C@@H](Cc1c[nH]c2ccccc12)C(=O)N[C@H]1C/C=C\C[C@@H](C(=O)N2CCC[C@H]2C(=O)N[C@@H](CCCN=C(N)N)C(N)=O)NC(=O)[C@H](C)NC(=O)[C@@H]2CCCN2C(=O)[C@H](Cc2cccc(F)c2)NC1=O. The standard InChI is InChI=1S/C61H86FN19O13/c1-32(71-55(90)46(31-82)73-34(3)83)50(85)75-42(20-10-24-69-61(66)67)52(87)78-44(29-36-30-70-39-16-5-4-15-38(36)39)54(89)76-41-17-6-7-18-43(58(93)80-25-12-22-48(80)57(92)74-40(49(63)84)19-9-23-68-60(64)65)77-51(86)33(2)72-56(91)47-21-11-26-81(47)59(94)45(79-53(41)88)28-35-13-8-14-37(62)27-35/h4-8,13-16,27,30,32-33,40-48,70,82H,9-12,17-26,28-29,31H2,1-3H3,(H2,63,84)(H,71,90)(H,72,91)(H,73,83)(H,74,92)(H,75,85)(H,76,89)(H,77,86)(H,78,87)(H,79,88)(H4,64,65,68)(H4,66,67,69)/b7-6-/t32-,33-,40-,41-,42-,43-,44-,45-,46-,47-,48-/m0/s1. The van der Waals surface area contributed by atoms with Crippen LogP contribution in [0, 0.1) is 5.82 Å². The summed E-state index contributed by atoms with van der Waals surface area (Å²) in [7, 11) is 0. The van der Waals surface area contributed by atoms with Gasteiger partial charge in [-0.1, -0.05) is 42.5 Å². The number of benzene rings is 2. The number of hydrogen-bond acceptors (Lipinski definition) is 15. The molecule has 0 radical (unpaired) electrons. The number of aliphatic hydroxyl groups excluding tert-OH is 1. The third-order valence-electron chi connectivity index (χ3n) is 16.1. The molecule has 3 aliphatic rings. The van der Waals surface area contributed by atoms with Crippen molar-refractivity contribution in [2.24, 2.45) is 38.7 Å². The molecular formula is C61H86FN19O13. The van der Waals surface area contributed by atoms with E-state index in [9.17, 15) is 57.4 Å². The number of nitrogens with one attached hydrogen (secondary N) is 10. The summed E-state index contributed by atoms with van der Waals surface area (Å²) < 4.78 is 14.8. The molecule has 0 unspecified atom stereocenters. The molecule has 11 atom stereocenters. The Balaban J connectivity index is 1.37. The zero-order valence-corrected chi connectivity index (χ0v) is 52.6. The van der Waals surface area contributed by atoms with Gasteiger partial charge in [0.15, 0.2) is 11.9 Å². The number of aromatic nitrogens is 1. The maximum Gasteiger partial charge on any atom is 0.246 e. The van der Waals surface area contributed by atoms with Crippen LogP contribution in [0.2, 0.25) is 0 Å². The lowest BCUT2D eigenvalue weighted by Crippen LogP contribution is -2.60. The van der Waals surface area contributed by atoms with Crippen LogP contribution in [0.25, 0.3) is 10.9 Å². The Bertz CT molecular complexity index is 3350. The molecule has 510 valence electrons. The van der Waals surface area contributed by atoms with E-state index in [1.54, 1.807) is 30.5 Å². The average molecular weight is 1310 g/mol. The first-order valence-electron chi connectivity index (χ1n) is 31.0. The highest BCUT2D eigenvalue weighted by molar-refractivity contribution is 6.00. The number of guanidine groups is 2. The van der Waals surface area contributed by atoms with E-state index >= 15 is 9.59 Å². The Kier molecular flexibility index (Phi) is 27.1. The first-order chi connectivity index (χ1) is 44.7. The number of aromatic amines is 1. The number of H-pyrrole nitrogens is 1. The third-order valence-corrected chi connectivity index (χ3v) is 16.1. The zero-order chi connectivity index (χ0) is 68.8. The monoisotopic (exact) mass is 1310 g/mol. The van der Waals surface area contributed by atoms with Gasteiger partial charge in [-0.05, 0) is 107 Å². The molecule has 2 fully saturated rings. The lowest BCUT2D eigenvalue weighted by Gasteiger charge is -2.31. The second-order valence-corrected chi connectivity index (χ2v) is 23.3. The van der Waals surface area contributed by atoms with Crippen LogP contribution in [0.3, 0.4) is 0 Å². The van der Waals surface area contributed by atoms with Crippen LogP contribution in [-0.4, -0.2) is 202 Å². The van der Waals surface area contributed by atoms with Crippen molar-refractivity contribution in [1.82, 2.24) is 62.6 Å². The molecule has 2 aromatic carbocycles. The number of aliphatic imine (C=N–C) groups is 2. The van der Waals surface area contributed by atoms with Crippen LogP contribution >= 0.6 is 0 Å². The molecule has 12 amide bonds. The van der Waals surface area contributed by atoms with E-state index in [0.717, 1.165) is 13.0 Å². The molecule has 4 heterocycles. The Morgan fingerprint density at radius 2 is 1.37 bits per heavy atom. The molecule has 0 spiro atoms. The summed E-state index contributed by atoms with van der Waals surface area (Å²) in [5.74, 6) is -11.0. The Labute approximate surface area is 541 Å². The van der Waals surface area contributed by atoms with Gasteiger partial charge in [-0.25, -0.2) is 4.39 Å². The number of hydrogen-bond donors (Lipinski definition) is 16. The largest absolute Gasteiger partial charge is 0.394 e. The highest BCUT2D eigenvalue weighted by Crippen LogP contribution is 2.24. The normalized spacial score (nSPS) is 21.4. The number of nitrogens with zero attached hydrogens (tertiary/aromatic N) is 4. The molecule has 0 saturated carbocycles. The zero-order valence-electron chi connectivity index (χ0n) is 52.6. The van der Waals surface area contributed by atoms with Gasteiger partial charge in [-0.2, -0.15) is 0 Å². The van der Waals surface area contributed by atoms with Gasteiger partial charge < -0.3 is 96.4 Å². The van der Waals surface area contributed by atoms with Gasteiger partial charge in [0.25, 0.3) is 0 Å². The summed E-state index contributed by atoms with van der Waals surface area (Å²) in [5.41, 5.74) is 29.1. The second kappa shape index (κ2) is 35.0. The number of amides is 12. The van der Waals surface area contributed by atoms with Crippen molar-refractivity contribution < 1.29 is 67.0 Å². The number of likely N-dealkylation sites (tertiary alicyclic amines) is 1. The predicted octanol–water partition coefficient (Wildman–Crippen LogP) is -4.57. The summed E-state index contributed by atoms with van der Waals surface area (Å²) in [4.78, 5) is 181. The molecule has 33 heteroatoms. The summed E-state index contributed by atoms with van der Waals surface area (Å²) in [6.07, 6.45) is 4.42. The van der Waals surface area contributed by atoms with E-state index in [0.29, 0.717) is 29.3 Å². The number of halogens is 1. The van der Waals surface area contributed by atoms with E-state index in [-0.39, 0.29) is 101 Å². The summed E-state index contributed by atoms with van der Waals surface area (Å²) in [6, 6.07) is -2.84. The fourth-order valence-corrected chi connectivity index (χ4v) is 11.2. The fraction of sp³-hybridized carbons (Fsp3) is 0.508.